The summed E-state index contributed by atoms with van der Waals surface area (Å²) in [5.74, 6) is 4.36. The fourth-order valence-corrected chi connectivity index (χ4v) is 9.74. The van der Waals surface area contributed by atoms with Crippen molar-refractivity contribution >= 4 is 0 Å². The minimum absolute atomic E-state index is 0.358. The maximum atomic E-state index is 9.34. The van der Waals surface area contributed by atoms with Gasteiger partial charge in [-0.1, -0.05) is 153 Å². The Labute approximate surface area is 324 Å². The number of fused-ring (bicyclic) bond motifs is 2. The molecule has 0 aliphatic heterocycles. The Hall–Kier alpha value is -6.18. The van der Waals surface area contributed by atoms with E-state index in [-0.39, 0.29) is 0 Å². The standard InChI is InChI=1S/C51H44N4/c1-34-28-37-29-35(2)31-51(30-34,32-37)45-26-24-41(25-27-45)39-18-16-38(17-19-39)40-20-22-44(23-21-40)49-53-48(43-8-4-3-5-9-43)54-50(55-49)47-11-7-6-10-46(47)42-14-12-36(33-52)13-15-42/h3-27,34-35,37H,28-32H2,1-2H3/t34-,35+,37-,51?. The monoisotopic (exact) mass is 712 g/mol. The molecule has 2 saturated carbocycles. The first-order valence-corrected chi connectivity index (χ1v) is 19.7. The lowest BCUT2D eigenvalue weighted by Crippen LogP contribution is -2.42. The van der Waals surface area contributed by atoms with E-state index >= 15 is 0 Å². The maximum Gasteiger partial charge on any atom is 0.164 e. The van der Waals surface area contributed by atoms with E-state index in [0.717, 1.165) is 51.1 Å². The molecule has 0 amide bonds. The highest BCUT2D eigenvalue weighted by atomic mass is 15.0. The van der Waals surface area contributed by atoms with Gasteiger partial charge in [0.25, 0.3) is 0 Å². The van der Waals surface area contributed by atoms with Crippen LogP contribution >= 0.6 is 0 Å². The quantitative estimate of drug-likeness (QED) is 0.165. The van der Waals surface area contributed by atoms with Crippen LogP contribution in [0.5, 0.6) is 0 Å². The molecule has 7 aromatic rings. The van der Waals surface area contributed by atoms with Crippen molar-refractivity contribution in [3.8, 4) is 73.6 Å². The van der Waals surface area contributed by atoms with Crippen LogP contribution in [0, 0.1) is 29.1 Å². The summed E-state index contributed by atoms with van der Waals surface area (Å²) in [6, 6.07) is 55.0. The molecule has 4 nitrogen and oxygen atoms in total. The fourth-order valence-electron chi connectivity index (χ4n) is 9.74. The van der Waals surface area contributed by atoms with Crippen molar-refractivity contribution in [2.45, 2.75) is 51.4 Å². The van der Waals surface area contributed by atoms with Crippen molar-refractivity contribution in [1.29, 1.82) is 5.26 Å². The molecule has 0 N–H and O–H groups in total. The molecule has 268 valence electrons. The van der Waals surface area contributed by atoms with Crippen LogP contribution in [0.1, 0.15) is 57.1 Å². The van der Waals surface area contributed by atoms with Gasteiger partial charge in [0.15, 0.2) is 17.5 Å². The van der Waals surface area contributed by atoms with Crippen LogP contribution in [0.3, 0.4) is 0 Å². The predicted octanol–water partition coefficient (Wildman–Crippen LogP) is 12.8. The van der Waals surface area contributed by atoms with E-state index in [1.807, 2.05) is 72.8 Å². The zero-order valence-electron chi connectivity index (χ0n) is 31.5. The molecule has 0 saturated heterocycles. The van der Waals surface area contributed by atoms with Gasteiger partial charge in [-0.3, -0.25) is 0 Å². The molecule has 9 rings (SSSR count). The maximum absolute atomic E-state index is 9.34. The van der Waals surface area contributed by atoms with Crippen LogP contribution in [0.4, 0.5) is 0 Å². The number of aromatic nitrogens is 3. The van der Waals surface area contributed by atoms with Gasteiger partial charge in [-0.2, -0.15) is 5.26 Å². The minimum Gasteiger partial charge on any atom is -0.208 e. The lowest BCUT2D eigenvalue weighted by molar-refractivity contribution is 0.0780. The summed E-state index contributed by atoms with van der Waals surface area (Å²) in [6.07, 6.45) is 6.84. The Balaban J connectivity index is 0.991. The molecule has 2 bridgehead atoms. The molecular weight excluding hydrogens is 669 g/mol. The number of rotatable bonds is 7. The molecule has 2 aliphatic carbocycles. The second kappa shape index (κ2) is 14.6. The third kappa shape index (κ3) is 6.99. The van der Waals surface area contributed by atoms with Crippen LogP contribution in [0.2, 0.25) is 0 Å². The fraction of sp³-hybridized carbons (Fsp3) is 0.216. The van der Waals surface area contributed by atoms with Crippen molar-refractivity contribution in [1.82, 2.24) is 15.0 Å². The first-order chi connectivity index (χ1) is 26.9. The SMILES string of the molecule is C[C@@H]1C[C@@H]2C[C@H](C)CC(c3ccc(-c4ccc(-c5ccc(-c6nc(-c7ccccc7)nc(-c7ccccc7-c7ccc(C#N)cc7)n6)cc5)cc4)cc3)(C1)C2. The Morgan fingerprint density at radius 3 is 1.44 bits per heavy atom. The Kier molecular flexibility index (Phi) is 9.16. The molecule has 0 spiro atoms. The van der Waals surface area contributed by atoms with Crippen molar-refractivity contribution in [2.24, 2.45) is 17.8 Å². The normalized spacial score (nSPS) is 20.4. The van der Waals surface area contributed by atoms with Gasteiger partial charge in [-0.05, 0) is 106 Å². The van der Waals surface area contributed by atoms with Crippen LogP contribution in [0.25, 0.3) is 67.5 Å². The summed E-state index contributed by atoms with van der Waals surface area (Å²) in [4.78, 5) is 15.0. The van der Waals surface area contributed by atoms with E-state index in [1.54, 1.807) is 5.56 Å². The average molecular weight is 713 g/mol. The zero-order valence-corrected chi connectivity index (χ0v) is 31.5. The van der Waals surface area contributed by atoms with Crippen molar-refractivity contribution in [3.63, 3.8) is 0 Å². The Morgan fingerprint density at radius 1 is 0.455 bits per heavy atom. The summed E-state index contributed by atoms with van der Waals surface area (Å²) in [5.41, 5.74) is 12.1. The zero-order chi connectivity index (χ0) is 37.4. The largest absolute Gasteiger partial charge is 0.208 e. The van der Waals surface area contributed by atoms with Gasteiger partial charge in [-0.25, -0.2) is 15.0 Å². The number of nitriles is 1. The molecule has 0 radical (unpaired) electrons. The van der Waals surface area contributed by atoms with E-state index in [2.05, 4.69) is 98.8 Å². The highest BCUT2D eigenvalue weighted by Crippen LogP contribution is 2.54. The molecular formula is C51H44N4. The van der Waals surface area contributed by atoms with Crippen LogP contribution < -0.4 is 0 Å². The Bertz CT molecular complexity index is 2460. The van der Waals surface area contributed by atoms with Crippen LogP contribution in [-0.2, 0) is 5.41 Å². The van der Waals surface area contributed by atoms with E-state index < -0.39 is 0 Å². The van der Waals surface area contributed by atoms with Crippen LogP contribution in [0.15, 0.2) is 152 Å². The Morgan fingerprint density at radius 2 is 0.891 bits per heavy atom. The third-order valence-corrected chi connectivity index (χ3v) is 12.0. The summed E-state index contributed by atoms with van der Waals surface area (Å²) in [6.45, 7) is 4.93. The van der Waals surface area contributed by atoms with E-state index in [9.17, 15) is 5.26 Å². The molecule has 55 heavy (non-hydrogen) atoms. The molecule has 2 aliphatic rings. The number of benzene rings is 6. The molecule has 4 atom stereocenters. The number of nitrogens with zero attached hydrogens (tertiary/aromatic N) is 4. The van der Waals surface area contributed by atoms with Gasteiger partial charge in [0.1, 0.15) is 0 Å². The topological polar surface area (TPSA) is 62.5 Å². The second-order valence-corrected chi connectivity index (χ2v) is 16.1. The summed E-state index contributed by atoms with van der Waals surface area (Å²) < 4.78 is 0. The lowest BCUT2D eigenvalue weighted by atomic mass is 9.54. The smallest absolute Gasteiger partial charge is 0.164 e. The number of hydrogen-bond acceptors (Lipinski definition) is 4. The van der Waals surface area contributed by atoms with Gasteiger partial charge in [-0.15, -0.1) is 0 Å². The van der Waals surface area contributed by atoms with E-state index in [1.165, 1.54) is 48.8 Å². The van der Waals surface area contributed by atoms with Gasteiger partial charge in [0.05, 0.1) is 11.6 Å². The van der Waals surface area contributed by atoms with Crippen molar-refractivity contribution in [3.05, 3.63) is 163 Å². The second-order valence-electron chi connectivity index (χ2n) is 16.1. The lowest BCUT2D eigenvalue weighted by Gasteiger charge is -2.50. The third-order valence-electron chi connectivity index (χ3n) is 12.0. The molecule has 1 unspecified atom stereocenters. The highest BCUT2D eigenvalue weighted by Gasteiger charge is 2.45. The predicted molar refractivity (Wildman–Crippen MR) is 224 cm³/mol. The molecule has 2 fully saturated rings. The molecule has 6 aromatic carbocycles. The van der Waals surface area contributed by atoms with Gasteiger partial charge in [0.2, 0.25) is 0 Å². The van der Waals surface area contributed by atoms with Gasteiger partial charge in [0, 0.05) is 16.7 Å². The van der Waals surface area contributed by atoms with Crippen LogP contribution in [-0.4, -0.2) is 15.0 Å². The number of hydrogen-bond donors (Lipinski definition) is 0. The first-order valence-electron chi connectivity index (χ1n) is 19.7. The summed E-state index contributed by atoms with van der Waals surface area (Å²) >= 11 is 0. The van der Waals surface area contributed by atoms with Gasteiger partial charge < -0.3 is 0 Å². The van der Waals surface area contributed by atoms with E-state index in [4.69, 9.17) is 15.0 Å². The molecule has 4 heteroatoms. The summed E-state index contributed by atoms with van der Waals surface area (Å²) in [7, 11) is 0. The van der Waals surface area contributed by atoms with Crippen molar-refractivity contribution < 1.29 is 0 Å². The summed E-state index contributed by atoms with van der Waals surface area (Å²) in [5, 5.41) is 9.34. The molecule has 1 heterocycles. The average Bonchev–Trinajstić information content (AvgIpc) is 3.23. The highest BCUT2D eigenvalue weighted by molar-refractivity contribution is 5.82. The van der Waals surface area contributed by atoms with Gasteiger partial charge >= 0.3 is 0 Å². The molecule has 1 aromatic heterocycles. The van der Waals surface area contributed by atoms with Crippen molar-refractivity contribution in [2.75, 3.05) is 0 Å². The van der Waals surface area contributed by atoms with E-state index in [0.29, 0.717) is 28.5 Å². The minimum atomic E-state index is 0.358. The first kappa shape index (κ1) is 34.6.